The van der Waals surface area contributed by atoms with E-state index in [-0.39, 0.29) is 38.1 Å². The molecule has 16 nitrogen and oxygen atoms in total. The first kappa shape index (κ1) is 46.7. The lowest BCUT2D eigenvalue weighted by molar-refractivity contribution is -0.155. The van der Waals surface area contributed by atoms with Crippen molar-refractivity contribution in [3.63, 3.8) is 0 Å². The summed E-state index contributed by atoms with van der Waals surface area (Å²) in [5.41, 5.74) is -0.329. The summed E-state index contributed by atoms with van der Waals surface area (Å²) in [6, 6.07) is 2.87. The second-order valence-corrected chi connectivity index (χ2v) is 15.1. The molecule has 300 valence electrons. The van der Waals surface area contributed by atoms with Gasteiger partial charge in [0.2, 0.25) is 23.6 Å². The van der Waals surface area contributed by atoms with Crippen LogP contribution in [-0.2, 0) is 38.2 Å². The van der Waals surface area contributed by atoms with Crippen molar-refractivity contribution < 1.29 is 52.9 Å². The van der Waals surface area contributed by atoms with E-state index in [4.69, 9.17) is 9.47 Å². The zero-order valence-corrected chi connectivity index (χ0v) is 32.5. The molecule has 0 aliphatic rings. The number of rotatable bonds is 21. The van der Waals surface area contributed by atoms with Crippen LogP contribution in [0.15, 0.2) is 30.3 Å². The molecule has 0 heterocycles. The average molecular weight is 760 g/mol. The van der Waals surface area contributed by atoms with Gasteiger partial charge in [-0.15, -0.1) is 0 Å². The lowest BCUT2D eigenvalue weighted by Gasteiger charge is -2.24. The van der Waals surface area contributed by atoms with E-state index in [1.807, 2.05) is 13.8 Å². The number of aldehydes is 1. The molecule has 0 aromatic heterocycles. The van der Waals surface area contributed by atoms with E-state index in [9.17, 15) is 43.5 Å². The Balaban J connectivity index is 3.01. The second kappa shape index (κ2) is 22.7. The predicted octanol–water partition coefficient (Wildman–Crippen LogP) is 3.03. The van der Waals surface area contributed by atoms with Crippen LogP contribution in [0.3, 0.4) is 0 Å². The smallest absolute Gasteiger partial charge is 0.407 e. The fraction of sp³-hybridized carbons (Fsp3) is 0.579. The summed E-state index contributed by atoms with van der Waals surface area (Å²) >= 11 is 0. The Morgan fingerprint density at radius 3 is 1.91 bits per heavy atom. The Morgan fingerprint density at radius 1 is 0.741 bits per heavy atom. The van der Waals surface area contributed by atoms with Crippen LogP contribution in [-0.4, -0.2) is 95.5 Å². The molecule has 0 bridgehead atoms. The summed E-state index contributed by atoms with van der Waals surface area (Å²) in [4.78, 5) is 99.1. The quantitative estimate of drug-likeness (QED) is 0.0461. The van der Waals surface area contributed by atoms with Gasteiger partial charge in [-0.1, -0.05) is 38.1 Å². The molecule has 1 rings (SSSR count). The van der Waals surface area contributed by atoms with E-state index in [2.05, 4.69) is 26.6 Å². The molecule has 0 fully saturated rings. The molecule has 16 heteroatoms. The van der Waals surface area contributed by atoms with Crippen molar-refractivity contribution >= 4 is 54.0 Å². The number of hydrogen-bond acceptors (Lipinski definition) is 10. The monoisotopic (exact) mass is 759 g/mol. The van der Waals surface area contributed by atoms with Gasteiger partial charge in [-0.05, 0) is 91.2 Å². The highest BCUT2D eigenvalue weighted by Gasteiger charge is 2.28. The second-order valence-electron chi connectivity index (χ2n) is 15.1. The van der Waals surface area contributed by atoms with Crippen molar-refractivity contribution in [2.45, 2.75) is 123 Å². The molecular weight excluding hydrogens is 702 g/mol. The lowest BCUT2D eigenvalue weighted by Crippen LogP contribution is -2.55. The topological polar surface area (TPSA) is 235 Å². The summed E-state index contributed by atoms with van der Waals surface area (Å²) in [7, 11) is 0. The highest BCUT2D eigenvalue weighted by Crippen LogP contribution is 2.12. The largest absolute Gasteiger partial charge is 0.480 e. The molecule has 0 unspecified atom stereocenters. The van der Waals surface area contributed by atoms with Gasteiger partial charge in [0.05, 0.1) is 6.54 Å². The molecule has 3 atom stereocenters. The number of carboxylic acids is 1. The Bertz CT molecular complexity index is 1480. The van der Waals surface area contributed by atoms with E-state index in [1.54, 1.807) is 65.8 Å². The Morgan fingerprint density at radius 2 is 1.35 bits per heavy atom. The van der Waals surface area contributed by atoms with Gasteiger partial charge in [0.25, 0.3) is 0 Å². The summed E-state index contributed by atoms with van der Waals surface area (Å²) in [5, 5.41) is 22.2. The van der Waals surface area contributed by atoms with E-state index in [0.717, 1.165) is 0 Å². The first-order valence-electron chi connectivity index (χ1n) is 17.9. The number of nitrogens with one attached hydrogen (secondary N) is 5. The molecule has 5 amide bonds. The number of hydrogen-bond donors (Lipinski definition) is 6. The van der Waals surface area contributed by atoms with Crippen molar-refractivity contribution in [3.8, 4) is 0 Å². The molecule has 0 radical (unpaired) electrons. The van der Waals surface area contributed by atoms with E-state index < -0.39 is 77.5 Å². The minimum absolute atomic E-state index is 0.0340. The van der Waals surface area contributed by atoms with E-state index in [0.29, 0.717) is 30.3 Å². The minimum atomic E-state index is -1.43. The van der Waals surface area contributed by atoms with Crippen LogP contribution < -0.4 is 26.6 Å². The maximum Gasteiger partial charge on any atom is 0.407 e. The van der Waals surface area contributed by atoms with Crippen molar-refractivity contribution in [2.75, 3.05) is 13.1 Å². The lowest BCUT2D eigenvalue weighted by atomic mass is 10.0. The molecular formula is C38H57N5O11. The fourth-order valence-corrected chi connectivity index (χ4v) is 4.75. The van der Waals surface area contributed by atoms with Gasteiger partial charge < -0.3 is 41.2 Å². The zero-order valence-electron chi connectivity index (χ0n) is 32.5. The number of esters is 1. The number of amides is 5. The number of aliphatic carboxylic acids is 1. The highest BCUT2D eigenvalue weighted by molar-refractivity contribution is 5.97. The Kier molecular flexibility index (Phi) is 19.7. The van der Waals surface area contributed by atoms with E-state index in [1.165, 1.54) is 12.2 Å². The Hall–Kier alpha value is -5.28. The number of alkyl carbamates (subject to hydrolysis) is 1. The first-order valence-corrected chi connectivity index (χ1v) is 17.9. The van der Waals surface area contributed by atoms with Gasteiger partial charge in [0.15, 0.2) is 0 Å². The van der Waals surface area contributed by atoms with Crippen molar-refractivity contribution in [1.29, 1.82) is 0 Å². The van der Waals surface area contributed by atoms with Crippen molar-refractivity contribution in [3.05, 3.63) is 41.5 Å². The van der Waals surface area contributed by atoms with Crippen LogP contribution in [0.2, 0.25) is 0 Å². The van der Waals surface area contributed by atoms with Crippen LogP contribution in [0, 0.1) is 5.92 Å². The van der Waals surface area contributed by atoms with Crippen molar-refractivity contribution in [1.82, 2.24) is 26.6 Å². The summed E-state index contributed by atoms with van der Waals surface area (Å²) in [5.74, 6) is -4.85. The molecule has 0 saturated carbocycles. The van der Waals surface area contributed by atoms with E-state index >= 15 is 0 Å². The number of benzene rings is 1. The SMILES string of the molecule is CC(C)C[C@H](NC(=O)/C=C/c1ccc(C=O)cc1)C(=O)N[C@@H](CCCCNC(=O)OC(C)(C)C)C(=O)NCC(=O)N[C@@H](CCC(=O)OC(C)(C)C)C(=O)O. The number of carboxylic acid groups (broad SMARTS) is 1. The van der Waals surface area contributed by atoms with Crippen LogP contribution >= 0.6 is 0 Å². The molecule has 0 aliphatic carbocycles. The number of carbonyl (C=O) groups is 8. The zero-order chi connectivity index (χ0) is 41.1. The highest BCUT2D eigenvalue weighted by atomic mass is 16.6. The van der Waals surface area contributed by atoms with Crippen molar-refractivity contribution in [2.24, 2.45) is 5.92 Å². The first-order chi connectivity index (χ1) is 25.1. The third-order valence-electron chi connectivity index (χ3n) is 7.17. The molecule has 6 N–H and O–H groups in total. The van der Waals surface area contributed by atoms with Crippen LogP contribution in [0.5, 0.6) is 0 Å². The summed E-state index contributed by atoms with van der Waals surface area (Å²) < 4.78 is 10.4. The Labute approximate surface area is 316 Å². The van der Waals surface area contributed by atoms with Gasteiger partial charge in [-0.2, -0.15) is 0 Å². The van der Waals surface area contributed by atoms with Gasteiger partial charge in [-0.25, -0.2) is 9.59 Å². The molecule has 54 heavy (non-hydrogen) atoms. The molecule has 0 saturated heterocycles. The van der Waals surface area contributed by atoms with Crippen LogP contribution in [0.25, 0.3) is 6.08 Å². The maximum absolute atomic E-state index is 13.5. The maximum atomic E-state index is 13.5. The van der Waals surface area contributed by atoms with Crippen LogP contribution in [0.1, 0.15) is 110 Å². The van der Waals surface area contributed by atoms with Gasteiger partial charge in [-0.3, -0.25) is 28.8 Å². The molecule has 1 aromatic rings. The van der Waals surface area contributed by atoms with Crippen LogP contribution in [0.4, 0.5) is 4.79 Å². The summed E-state index contributed by atoms with van der Waals surface area (Å²) in [6.45, 7) is 13.5. The third kappa shape index (κ3) is 21.3. The third-order valence-corrected chi connectivity index (χ3v) is 7.17. The van der Waals surface area contributed by atoms with Gasteiger partial charge >= 0.3 is 18.0 Å². The normalized spacial score (nSPS) is 13.2. The standard InChI is InChI=1S/C38H57N5O11/c1-24(2)21-29(42-30(45)18-16-25-12-14-26(23-44)15-13-25)34(49)43-27(11-9-10-20-39-36(52)54-38(6,7)8)33(48)40-22-31(46)41-28(35(50)51)17-19-32(47)53-37(3,4)5/h12-16,18,23-24,27-29H,9-11,17,19-22H2,1-8H3,(H,39,52)(H,40,48)(H,41,46)(H,42,45)(H,43,49)(H,50,51)/b18-16+/t27-,28-,29-/m0/s1. The number of unbranched alkanes of at least 4 members (excludes halogenated alkanes) is 1. The predicted molar refractivity (Wildman–Crippen MR) is 200 cm³/mol. The molecule has 0 spiro atoms. The molecule has 0 aliphatic heterocycles. The number of carbonyl (C=O) groups excluding carboxylic acids is 7. The minimum Gasteiger partial charge on any atom is -0.480 e. The van der Waals surface area contributed by atoms with Gasteiger partial charge in [0.1, 0.15) is 35.6 Å². The molecule has 1 aromatic carbocycles. The number of ether oxygens (including phenoxy) is 2. The average Bonchev–Trinajstić information content (AvgIpc) is 3.05. The summed E-state index contributed by atoms with van der Waals surface area (Å²) in [6.07, 6.45) is 3.41. The van der Waals surface area contributed by atoms with Gasteiger partial charge in [0, 0.05) is 24.6 Å². The fourth-order valence-electron chi connectivity index (χ4n) is 4.75.